The van der Waals surface area contributed by atoms with E-state index in [1.54, 1.807) is 11.3 Å². The minimum atomic E-state index is 0.257. The second-order valence-electron chi connectivity index (χ2n) is 4.50. The summed E-state index contributed by atoms with van der Waals surface area (Å²) >= 11 is 1.76. The van der Waals surface area contributed by atoms with E-state index in [1.165, 1.54) is 22.4 Å². The third-order valence-corrected chi connectivity index (χ3v) is 4.01. The zero-order valence-corrected chi connectivity index (χ0v) is 12.1. The molecule has 1 heterocycles. The van der Waals surface area contributed by atoms with Crippen molar-refractivity contribution < 1.29 is 0 Å². The van der Waals surface area contributed by atoms with Crippen molar-refractivity contribution in [1.29, 1.82) is 0 Å². The van der Waals surface area contributed by atoms with Crippen molar-refractivity contribution in [3.63, 3.8) is 0 Å². The third kappa shape index (κ3) is 2.98. The molecule has 0 amide bonds. The predicted octanol–water partition coefficient (Wildman–Crippen LogP) is 3.71. The van der Waals surface area contributed by atoms with Crippen molar-refractivity contribution in [2.75, 3.05) is 7.05 Å². The number of hydrogen-bond donors (Lipinski definition) is 1. The fourth-order valence-electron chi connectivity index (χ4n) is 2.20. The lowest BCUT2D eigenvalue weighted by Crippen LogP contribution is -2.16. The van der Waals surface area contributed by atoms with E-state index < -0.39 is 0 Å². The first-order valence-corrected chi connectivity index (χ1v) is 7.24. The van der Waals surface area contributed by atoms with Crippen LogP contribution in [0.5, 0.6) is 0 Å². The average molecular weight is 260 g/mol. The fraction of sp³-hybridized carbons (Fsp3) is 0.400. The van der Waals surface area contributed by atoms with Gasteiger partial charge in [-0.1, -0.05) is 37.6 Å². The molecular formula is C15H20N2S. The molecule has 0 fully saturated rings. The molecule has 1 aromatic carbocycles. The van der Waals surface area contributed by atoms with Crippen molar-refractivity contribution in [2.24, 2.45) is 0 Å². The molecule has 0 saturated heterocycles. The van der Waals surface area contributed by atoms with Gasteiger partial charge in [-0.3, -0.25) is 0 Å². The van der Waals surface area contributed by atoms with Gasteiger partial charge in [-0.2, -0.15) is 0 Å². The van der Waals surface area contributed by atoms with E-state index >= 15 is 0 Å². The Bertz CT molecular complexity index is 505. The highest BCUT2D eigenvalue weighted by atomic mass is 32.1. The van der Waals surface area contributed by atoms with E-state index in [0.717, 1.165) is 11.4 Å². The highest BCUT2D eigenvalue weighted by Gasteiger charge is 2.14. The van der Waals surface area contributed by atoms with E-state index in [0.29, 0.717) is 0 Å². The molecule has 3 heteroatoms. The Kier molecular flexibility index (Phi) is 4.50. The predicted molar refractivity (Wildman–Crippen MR) is 78.2 cm³/mol. The molecule has 18 heavy (non-hydrogen) atoms. The van der Waals surface area contributed by atoms with E-state index in [1.807, 2.05) is 20.2 Å². The van der Waals surface area contributed by atoms with Crippen LogP contribution >= 0.6 is 11.3 Å². The van der Waals surface area contributed by atoms with Gasteiger partial charge in [0.15, 0.2) is 0 Å². The van der Waals surface area contributed by atoms with Crippen LogP contribution in [0.4, 0.5) is 0 Å². The standard InChI is InChI=1S/C15H20N2S/c1-4-6-12-7-5-8-13(9-12)15(16-3)14-10-17-11(2)18-14/h5,7-10,15-16H,4,6H2,1-3H3. The zero-order valence-electron chi connectivity index (χ0n) is 11.2. The van der Waals surface area contributed by atoms with Gasteiger partial charge in [-0.15, -0.1) is 11.3 Å². The lowest BCUT2D eigenvalue weighted by Gasteiger charge is -2.15. The van der Waals surface area contributed by atoms with E-state index in [-0.39, 0.29) is 6.04 Å². The van der Waals surface area contributed by atoms with E-state index in [9.17, 15) is 0 Å². The third-order valence-electron chi connectivity index (χ3n) is 3.04. The van der Waals surface area contributed by atoms with Gasteiger partial charge >= 0.3 is 0 Å². The summed E-state index contributed by atoms with van der Waals surface area (Å²) < 4.78 is 0. The summed E-state index contributed by atoms with van der Waals surface area (Å²) in [5.41, 5.74) is 2.74. The number of aromatic nitrogens is 1. The van der Waals surface area contributed by atoms with Crippen LogP contribution in [0.25, 0.3) is 0 Å². The van der Waals surface area contributed by atoms with Gasteiger partial charge in [0.2, 0.25) is 0 Å². The largest absolute Gasteiger partial charge is 0.309 e. The molecule has 2 aromatic rings. The Balaban J connectivity index is 2.29. The lowest BCUT2D eigenvalue weighted by molar-refractivity contribution is 0.700. The normalized spacial score (nSPS) is 12.6. The number of nitrogens with one attached hydrogen (secondary N) is 1. The van der Waals surface area contributed by atoms with E-state index in [4.69, 9.17) is 0 Å². The quantitative estimate of drug-likeness (QED) is 0.886. The van der Waals surface area contributed by atoms with Crippen LogP contribution in [-0.2, 0) is 6.42 Å². The molecule has 1 N–H and O–H groups in total. The average Bonchev–Trinajstić information content (AvgIpc) is 2.78. The molecule has 0 aliphatic rings. The molecule has 0 radical (unpaired) electrons. The van der Waals surface area contributed by atoms with Crippen molar-refractivity contribution in [3.8, 4) is 0 Å². The Morgan fingerprint density at radius 3 is 2.83 bits per heavy atom. The van der Waals surface area contributed by atoms with Gasteiger partial charge in [0.25, 0.3) is 0 Å². The molecular weight excluding hydrogens is 240 g/mol. The number of rotatable bonds is 5. The molecule has 0 bridgehead atoms. The highest BCUT2D eigenvalue weighted by molar-refractivity contribution is 7.11. The smallest absolute Gasteiger partial charge is 0.0897 e. The van der Waals surface area contributed by atoms with E-state index in [2.05, 4.69) is 41.5 Å². The lowest BCUT2D eigenvalue weighted by atomic mass is 10.0. The number of aryl methyl sites for hydroxylation is 2. The second-order valence-corrected chi connectivity index (χ2v) is 5.76. The zero-order chi connectivity index (χ0) is 13.0. The van der Waals surface area contributed by atoms with Gasteiger partial charge in [-0.25, -0.2) is 4.98 Å². The molecule has 1 unspecified atom stereocenters. The number of benzene rings is 1. The molecule has 0 aliphatic carbocycles. The van der Waals surface area contributed by atoms with Crippen LogP contribution in [0.1, 0.15) is 40.4 Å². The van der Waals surface area contributed by atoms with Crippen LogP contribution in [0.2, 0.25) is 0 Å². The van der Waals surface area contributed by atoms with Crippen molar-refractivity contribution in [2.45, 2.75) is 32.7 Å². The maximum atomic E-state index is 4.35. The Hall–Kier alpha value is -1.19. The SMILES string of the molecule is CCCc1cccc(C(NC)c2cnc(C)s2)c1. The summed E-state index contributed by atoms with van der Waals surface area (Å²) in [7, 11) is 2.01. The molecule has 2 rings (SSSR count). The van der Waals surface area contributed by atoms with Crippen molar-refractivity contribution >= 4 is 11.3 Å². The summed E-state index contributed by atoms with van der Waals surface area (Å²) in [5.74, 6) is 0. The van der Waals surface area contributed by atoms with Crippen LogP contribution in [0, 0.1) is 6.92 Å². The van der Waals surface area contributed by atoms with Crippen LogP contribution in [0.15, 0.2) is 30.5 Å². The topological polar surface area (TPSA) is 24.9 Å². The maximum Gasteiger partial charge on any atom is 0.0897 e. The Morgan fingerprint density at radius 2 is 2.22 bits per heavy atom. The molecule has 1 aromatic heterocycles. The number of hydrogen-bond acceptors (Lipinski definition) is 3. The summed E-state index contributed by atoms with van der Waals surface area (Å²) in [6, 6.07) is 9.11. The molecule has 0 aliphatic heterocycles. The first-order valence-electron chi connectivity index (χ1n) is 6.43. The van der Waals surface area contributed by atoms with Crippen LogP contribution in [-0.4, -0.2) is 12.0 Å². The minimum Gasteiger partial charge on any atom is -0.309 e. The van der Waals surface area contributed by atoms with Gasteiger partial charge in [0, 0.05) is 11.1 Å². The van der Waals surface area contributed by atoms with Crippen molar-refractivity contribution in [3.05, 3.63) is 51.5 Å². The molecule has 1 atom stereocenters. The number of thiazole rings is 1. The summed E-state index contributed by atoms with van der Waals surface area (Å²) in [6.07, 6.45) is 4.31. The summed E-state index contributed by atoms with van der Waals surface area (Å²) in [6.45, 7) is 4.27. The van der Waals surface area contributed by atoms with Gasteiger partial charge in [-0.05, 0) is 31.5 Å². The summed E-state index contributed by atoms with van der Waals surface area (Å²) in [5, 5.41) is 4.51. The van der Waals surface area contributed by atoms with Gasteiger partial charge < -0.3 is 5.32 Å². The molecule has 96 valence electrons. The van der Waals surface area contributed by atoms with Gasteiger partial charge in [0.05, 0.1) is 11.0 Å². The minimum absolute atomic E-state index is 0.257. The second kappa shape index (κ2) is 6.12. The Morgan fingerprint density at radius 1 is 1.39 bits per heavy atom. The maximum absolute atomic E-state index is 4.35. The fourth-order valence-corrected chi connectivity index (χ4v) is 3.13. The molecule has 0 spiro atoms. The first-order chi connectivity index (χ1) is 8.74. The van der Waals surface area contributed by atoms with Crippen LogP contribution < -0.4 is 5.32 Å². The highest BCUT2D eigenvalue weighted by Crippen LogP contribution is 2.27. The summed E-state index contributed by atoms with van der Waals surface area (Å²) in [4.78, 5) is 5.63. The molecule has 2 nitrogen and oxygen atoms in total. The van der Waals surface area contributed by atoms with Crippen molar-refractivity contribution in [1.82, 2.24) is 10.3 Å². The number of nitrogens with zero attached hydrogens (tertiary/aromatic N) is 1. The first kappa shape index (κ1) is 13.2. The Labute approximate surface area is 113 Å². The van der Waals surface area contributed by atoms with Gasteiger partial charge in [0.1, 0.15) is 0 Å². The monoisotopic (exact) mass is 260 g/mol. The van der Waals surface area contributed by atoms with Crippen LogP contribution in [0.3, 0.4) is 0 Å². The molecule has 0 saturated carbocycles.